The van der Waals surface area contributed by atoms with E-state index in [0.717, 1.165) is 38.1 Å². The van der Waals surface area contributed by atoms with Crippen molar-refractivity contribution in [2.75, 3.05) is 19.7 Å². The van der Waals surface area contributed by atoms with E-state index in [2.05, 4.69) is 11.0 Å². The summed E-state index contributed by atoms with van der Waals surface area (Å²) in [5, 5.41) is 8.83. The molecule has 1 fully saturated rings. The summed E-state index contributed by atoms with van der Waals surface area (Å²) in [5.74, 6) is -1.52. The molecular formula is C14H16F2N2O. The van der Waals surface area contributed by atoms with Crippen LogP contribution >= 0.6 is 0 Å². The lowest BCUT2D eigenvalue weighted by Gasteiger charge is -2.25. The number of benzene rings is 1. The van der Waals surface area contributed by atoms with Crippen LogP contribution < -0.4 is 4.74 Å². The fourth-order valence-corrected chi connectivity index (χ4v) is 2.26. The Morgan fingerprint density at radius 1 is 1.26 bits per heavy atom. The Morgan fingerprint density at radius 3 is 2.63 bits per heavy atom. The van der Waals surface area contributed by atoms with Crippen LogP contribution in [-0.2, 0) is 0 Å². The number of hydrogen-bond donors (Lipinski definition) is 0. The molecule has 1 heterocycles. The van der Waals surface area contributed by atoms with Crippen LogP contribution in [0.3, 0.4) is 0 Å². The van der Waals surface area contributed by atoms with Gasteiger partial charge in [0.15, 0.2) is 11.6 Å². The number of nitriles is 1. The molecule has 1 aromatic carbocycles. The smallest absolute Gasteiger partial charge is 0.162 e. The standard InChI is InChI=1S/C14H16F2N2O/c15-13-4-3-12(9-14(13)16)19-10-11(5-6-17)18-7-1-2-8-18/h3-4,9,11H,1-2,5,7-8,10H2. The average molecular weight is 266 g/mol. The van der Waals surface area contributed by atoms with Gasteiger partial charge in [0.2, 0.25) is 0 Å². The van der Waals surface area contributed by atoms with Crippen LogP contribution in [0.2, 0.25) is 0 Å². The highest BCUT2D eigenvalue weighted by molar-refractivity contribution is 5.23. The Morgan fingerprint density at radius 2 is 2.00 bits per heavy atom. The maximum absolute atomic E-state index is 13.0. The maximum Gasteiger partial charge on any atom is 0.162 e. The highest BCUT2D eigenvalue weighted by Crippen LogP contribution is 2.18. The van der Waals surface area contributed by atoms with Gasteiger partial charge in [-0.15, -0.1) is 0 Å². The van der Waals surface area contributed by atoms with Crippen molar-refractivity contribution in [3.8, 4) is 11.8 Å². The second-order valence-electron chi connectivity index (χ2n) is 4.65. The number of ether oxygens (including phenoxy) is 1. The Labute approximate surface area is 111 Å². The SMILES string of the molecule is N#CCC(COc1ccc(F)c(F)c1)N1CCCC1. The molecule has 5 heteroatoms. The van der Waals surface area contributed by atoms with Crippen LogP contribution in [-0.4, -0.2) is 30.6 Å². The van der Waals surface area contributed by atoms with Gasteiger partial charge in [0.05, 0.1) is 18.5 Å². The van der Waals surface area contributed by atoms with Gasteiger partial charge >= 0.3 is 0 Å². The van der Waals surface area contributed by atoms with Gasteiger partial charge in [0.1, 0.15) is 12.4 Å². The van der Waals surface area contributed by atoms with Gasteiger partial charge in [-0.25, -0.2) is 8.78 Å². The molecule has 0 N–H and O–H groups in total. The molecule has 1 aliphatic rings. The zero-order valence-corrected chi connectivity index (χ0v) is 10.6. The third-order valence-corrected chi connectivity index (χ3v) is 3.32. The van der Waals surface area contributed by atoms with Crippen LogP contribution in [0.15, 0.2) is 18.2 Å². The van der Waals surface area contributed by atoms with E-state index in [-0.39, 0.29) is 6.04 Å². The average Bonchev–Trinajstić information content (AvgIpc) is 2.92. The van der Waals surface area contributed by atoms with E-state index in [9.17, 15) is 8.78 Å². The van der Waals surface area contributed by atoms with Crippen molar-refractivity contribution in [1.29, 1.82) is 5.26 Å². The van der Waals surface area contributed by atoms with Crippen LogP contribution in [0.1, 0.15) is 19.3 Å². The van der Waals surface area contributed by atoms with Gasteiger partial charge in [-0.2, -0.15) is 5.26 Å². The molecule has 0 aromatic heterocycles. The van der Waals surface area contributed by atoms with Crippen molar-refractivity contribution >= 4 is 0 Å². The fourth-order valence-electron chi connectivity index (χ4n) is 2.26. The summed E-state index contributed by atoms with van der Waals surface area (Å²) >= 11 is 0. The highest BCUT2D eigenvalue weighted by atomic mass is 19.2. The van der Waals surface area contributed by atoms with Gasteiger partial charge in [-0.05, 0) is 38.1 Å². The van der Waals surface area contributed by atoms with Gasteiger partial charge in [-0.1, -0.05) is 0 Å². The van der Waals surface area contributed by atoms with Crippen molar-refractivity contribution < 1.29 is 13.5 Å². The molecular weight excluding hydrogens is 250 g/mol. The molecule has 1 aromatic rings. The number of rotatable bonds is 5. The van der Waals surface area contributed by atoms with Gasteiger partial charge in [-0.3, -0.25) is 4.90 Å². The zero-order chi connectivity index (χ0) is 13.7. The lowest BCUT2D eigenvalue weighted by Crippen LogP contribution is -2.37. The second kappa shape index (κ2) is 6.48. The minimum absolute atomic E-state index is 0.0145. The van der Waals surface area contributed by atoms with Gasteiger partial charge < -0.3 is 4.74 Å². The molecule has 1 atom stereocenters. The largest absolute Gasteiger partial charge is 0.492 e. The van der Waals surface area contributed by atoms with Crippen LogP contribution in [0, 0.1) is 23.0 Å². The molecule has 0 bridgehead atoms. The Bertz CT molecular complexity index is 467. The molecule has 1 aliphatic heterocycles. The number of likely N-dealkylation sites (tertiary alicyclic amines) is 1. The molecule has 1 saturated heterocycles. The Kier molecular flexibility index (Phi) is 4.69. The normalized spacial score (nSPS) is 17.1. The lowest BCUT2D eigenvalue weighted by atomic mass is 10.2. The predicted octanol–water partition coefficient (Wildman–Crippen LogP) is 2.72. The monoisotopic (exact) mass is 266 g/mol. The first kappa shape index (κ1) is 13.8. The first-order valence-corrected chi connectivity index (χ1v) is 6.39. The van der Waals surface area contributed by atoms with Crippen LogP contribution in [0.25, 0.3) is 0 Å². The van der Waals surface area contributed by atoms with Gasteiger partial charge in [0.25, 0.3) is 0 Å². The molecule has 0 saturated carbocycles. The third kappa shape index (κ3) is 3.65. The predicted molar refractivity (Wildman–Crippen MR) is 66.7 cm³/mol. The van der Waals surface area contributed by atoms with E-state index in [1.54, 1.807) is 0 Å². The summed E-state index contributed by atoms with van der Waals surface area (Å²) in [7, 11) is 0. The molecule has 1 unspecified atom stereocenters. The summed E-state index contributed by atoms with van der Waals surface area (Å²) in [6.45, 7) is 2.25. The van der Waals surface area contributed by atoms with E-state index in [1.165, 1.54) is 6.07 Å². The number of halogens is 2. The van der Waals surface area contributed by atoms with E-state index in [1.807, 2.05) is 0 Å². The molecule has 0 amide bonds. The molecule has 0 spiro atoms. The van der Waals surface area contributed by atoms with Crippen molar-refractivity contribution in [2.24, 2.45) is 0 Å². The highest BCUT2D eigenvalue weighted by Gasteiger charge is 2.22. The van der Waals surface area contributed by atoms with Crippen LogP contribution in [0.5, 0.6) is 5.75 Å². The topological polar surface area (TPSA) is 36.3 Å². The molecule has 0 aliphatic carbocycles. The second-order valence-corrected chi connectivity index (χ2v) is 4.65. The van der Waals surface area contributed by atoms with Crippen molar-refractivity contribution in [1.82, 2.24) is 4.90 Å². The van der Waals surface area contributed by atoms with E-state index < -0.39 is 11.6 Å². The number of hydrogen-bond acceptors (Lipinski definition) is 3. The Balaban J connectivity index is 1.94. The van der Waals surface area contributed by atoms with Crippen molar-refractivity contribution in [3.63, 3.8) is 0 Å². The van der Waals surface area contributed by atoms with E-state index in [4.69, 9.17) is 10.00 Å². The molecule has 19 heavy (non-hydrogen) atoms. The summed E-state index contributed by atoms with van der Waals surface area (Å²) in [5.41, 5.74) is 0. The third-order valence-electron chi connectivity index (χ3n) is 3.32. The molecule has 0 radical (unpaired) electrons. The Hall–Kier alpha value is -1.67. The van der Waals surface area contributed by atoms with Crippen molar-refractivity contribution in [3.05, 3.63) is 29.8 Å². The summed E-state index contributed by atoms with van der Waals surface area (Å²) < 4.78 is 31.3. The fraction of sp³-hybridized carbons (Fsp3) is 0.500. The summed E-state index contributed by atoms with van der Waals surface area (Å²) in [6.07, 6.45) is 2.64. The summed E-state index contributed by atoms with van der Waals surface area (Å²) in [4.78, 5) is 2.21. The zero-order valence-electron chi connectivity index (χ0n) is 10.6. The molecule has 3 nitrogen and oxygen atoms in total. The first-order chi connectivity index (χ1) is 9.20. The number of nitrogens with zero attached hydrogens (tertiary/aromatic N) is 2. The molecule has 2 rings (SSSR count). The minimum Gasteiger partial charge on any atom is -0.492 e. The minimum atomic E-state index is -0.921. The van der Waals surface area contributed by atoms with Crippen LogP contribution in [0.4, 0.5) is 8.78 Å². The van der Waals surface area contributed by atoms with Crippen molar-refractivity contribution in [2.45, 2.75) is 25.3 Å². The van der Waals surface area contributed by atoms with E-state index >= 15 is 0 Å². The maximum atomic E-state index is 13.0. The lowest BCUT2D eigenvalue weighted by molar-refractivity contribution is 0.162. The quantitative estimate of drug-likeness (QED) is 0.822. The molecule has 102 valence electrons. The van der Waals surface area contributed by atoms with E-state index in [0.29, 0.717) is 18.8 Å². The van der Waals surface area contributed by atoms with Gasteiger partial charge in [0, 0.05) is 6.07 Å². The first-order valence-electron chi connectivity index (χ1n) is 6.39. The summed E-state index contributed by atoms with van der Waals surface area (Å²) in [6, 6.07) is 5.63.